The topological polar surface area (TPSA) is 93.1 Å². The molecule has 5 rings (SSSR count). The summed E-state index contributed by atoms with van der Waals surface area (Å²) in [6.07, 6.45) is 1.83. The van der Waals surface area contributed by atoms with E-state index in [1.165, 1.54) is 6.92 Å². The number of hydrogen-bond acceptors (Lipinski definition) is 5. The Hall–Kier alpha value is -3.68. The molecule has 1 unspecified atom stereocenters. The highest BCUT2D eigenvalue weighted by atomic mass is 16.5. The number of ether oxygens (including phenoxy) is 1. The third-order valence-corrected chi connectivity index (χ3v) is 6.04. The number of H-pyrrole nitrogens is 1. The molecule has 2 aromatic heterocycles. The second-order valence-electron chi connectivity index (χ2n) is 8.15. The predicted octanol–water partition coefficient (Wildman–Crippen LogP) is 3.76. The fourth-order valence-corrected chi connectivity index (χ4v) is 4.54. The zero-order valence-corrected chi connectivity index (χ0v) is 18.2. The highest BCUT2D eigenvalue weighted by Crippen LogP contribution is 2.33. The Labute approximate surface area is 185 Å². The lowest BCUT2D eigenvalue weighted by atomic mass is 10.1. The van der Waals surface area contributed by atoms with Gasteiger partial charge in [-0.05, 0) is 50.1 Å². The number of carbonyl (C=O) groups excluding carboxylic acids is 2. The van der Waals surface area contributed by atoms with E-state index >= 15 is 0 Å². The largest absolute Gasteiger partial charge is 0.464 e. The van der Waals surface area contributed by atoms with Gasteiger partial charge in [0.1, 0.15) is 18.3 Å². The molecular weight excluding hydrogens is 406 g/mol. The number of rotatable bonds is 5. The van der Waals surface area contributed by atoms with E-state index in [2.05, 4.69) is 9.97 Å². The molecule has 1 aliphatic rings. The van der Waals surface area contributed by atoms with Crippen molar-refractivity contribution >= 4 is 33.9 Å². The molecular formula is C24H25N5O3. The van der Waals surface area contributed by atoms with E-state index in [9.17, 15) is 9.59 Å². The first kappa shape index (κ1) is 20.2. The average Bonchev–Trinajstić information content (AvgIpc) is 3.49. The number of fused-ring (bicyclic) bond motifs is 2. The molecule has 1 aliphatic heterocycles. The summed E-state index contributed by atoms with van der Waals surface area (Å²) in [6.45, 7) is 4.82. The van der Waals surface area contributed by atoms with Crippen molar-refractivity contribution in [2.45, 2.75) is 39.3 Å². The van der Waals surface area contributed by atoms with Crippen LogP contribution in [-0.2, 0) is 16.1 Å². The van der Waals surface area contributed by atoms with E-state index in [0.717, 1.165) is 46.6 Å². The molecule has 1 fully saturated rings. The molecule has 3 heterocycles. The van der Waals surface area contributed by atoms with Gasteiger partial charge in [-0.2, -0.15) is 0 Å². The molecule has 1 amide bonds. The first-order valence-electron chi connectivity index (χ1n) is 10.9. The monoisotopic (exact) mass is 431 g/mol. The van der Waals surface area contributed by atoms with Crippen LogP contribution >= 0.6 is 0 Å². The molecule has 2 aromatic carbocycles. The Bertz CT molecular complexity index is 1290. The molecule has 0 spiro atoms. The Morgan fingerprint density at radius 2 is 2.00 bits per heavy atom. The maximum absolute atomic E-state index is 13.4. The lowest BCUT2D eigenvalue weighted by molar-refractivity contribution is -0.141. The van der Waals surface area contributed by atoms with Crippen molar-refractivity contribution in [3.05, 3.63) is 59.7 Å². The van der Waals surface area contributed by atoms with Gasteiger partial charge >= 0.3 is 5.97 Å². The van der Waals surface area contributed by atoms with Crippen LogP contribution in [0.25, 0.3) is 22.1 Å². The van der Waals surface area contributed by atoms with Crippen molar-refractivity contribution in [1.82, 2.24) is 24.4 Å². The van der Waals surface area contributed by atoms with Crippen molar-refractivity contribution in [3.63, 3.8) is 0 Å². The van der Waals surface area contributed by atoms with Crippen molar-refractivity contribution in [2.75, 3.05) is 13.2 Å². The number of aromatic nitrogens is 4. The van der Waals surface area contributed by atoms with Gasteiger partial charge in [0.25, 0.3) is 5.91 Å². The van der Waals surface area contributed by atoms with Crippen LogP contribution < -0.4 is 0 Å². The van der Waals surface area contributed by atoms with E-state index in [4.69, 9.17) is 9.72 Å². The van der Waals surface area contributed by atoms with Crippen molar-refractivity contribution in [3.8, 4) is 0 Å². The number of nitrogens with one attached hydrogen (secondary N) is 1. The quantitative estimate of drug-likeness (QED) is 0.486. The van der Waals surface area contributed by atoms with Crippen LogP contribution in [0.2, 0.25) is 0 Å². The number of likely N-dealkylation sites (tertiary alicyclic amines) is 1. The Morgan fingerprint density at radius 3 is 2.81 bits per heavy atom. The third kappa shape index (κ3) is 3.62. The van der Waals surface area contributed by atoms with Crippen LogP contribution in [0.5, 0.6) is 0 Å². The maximum atomic E-state index is 13.4. The average molecular weight is 431 g/mol. The summed E-state index contributed by atoms with van der Waals surface area (Å²) in [6, 6.07) is 13.5. The molecule has 0 radical (unpaired) electrons. The number of esters is 1. The number of benzene rings is 2. The van der Waals surface area contributed by atoms with Gasteiger partial charge in [0.05, 0.1) is 34.7 Å². The summed E-state index contributed by atoms with van der Waals surface area (Å²) >= 11 is 0. The minimum absolute atomic E-state index is 0.0121. The molecule has 164 valence electrons. The lowest BCUT2D eigenvalue weighted by Crippen LogP contribution is -2.31. The fourth-order valence-electron chi connectivity index (χ4n) is 4.54. The highest BCUT2D eigenvalue weighted by molar-refractivity contribution is 5.98. The number of nitrogens with zero attached hydrogens (tertiary/aromatic N) is 4. The van der Waals surface area contributed by atoms with Crippen LogP contribution in [0.3, 0.4) is 0 Å². The van der Waals surface area contributed by atoms with Gasteiger partial charge in [0.2, 0.25) is 0 Å². The molecule has 8 heteroatoms. The zero-order chi connectivity index (χ0) is 22.2. The molecule has 1 saturated heterocycles. The summed E-state index contributed by atoms with van der Waals surface area (Å²) in [5.74, 6) is 1.34. The predicted molar refractivity (Wildman–Crippen MR) is 120 cm³/mol. The molecule has 8 nitrogen and oxygen atoms in total. The van der Waals surface area contributed by atoms with Crippen LogP contribution in [0.15, 0.2) is 42.5 Å². The Balaban J connectivity index is 1.40. The van der Waals surface area contributed by atoms with Gasteiger partial charge in [-0.25, -0.2) is 9.97 Å². The molecule has 4 aromatic rings. The smallest absolute Gasteiger partial charge is 0.302 e. The van der Waals surface area contributed by atoms with E-state index in [-0.39, 0.29) is 24.5 Å². The van der Waals surface area contributed by atoms with Crippen molar-refractivity contribution < 1.29 is 14.3 Å². The minimum Gasteiger partial charge on any atom is -0.464 e. The van der Waals surface area contributed by atoms with Crippen LogP contribution in [0, 0.1) is 6.92 Å². The highest BCUT2D eigenvalue weighted by Gasteiger charge is 2.33. The number of hydrogen-bond donors (Lipinski definition) is 1. The van der Waals surface area contributed by atoms with Crippen LogP contribution in [-0.4, -0.2) is 49.4 Å². The SMILES string of the molecule is CC(=O)OCCn1c(C)nc2cc(C(=O)N3CCCC3c3nc4ccccc4[nH]3)ccc21. The van der Waals surface area contributed by atoms with Gasteiger partial charge in [-0.15, -0.1) is 0 Å². The van der Waals surface area contributed by atoms with E-state index in [1.54, 1.807) is 0 Å². The minimum atomic E-state index is -0.301. The summed E-state index contributed by atoms with van der Waals surface area (Å²) < 4.78 is 7.07. The lowest BCUT2D eigenvalue weighted by Gasteiger charge is -2.23. The van der Waals surface area contributed by atoms with Gasteiger partial charge in [-0.1, -0.05) is 12.1 Å². The van der Waals surface area contributed by atoms with Crippen molar-refractivity contribution in [1.29, 1.82) is 0 Å². The normalized spacial score (nSPS) is 16.2. The number of aryl methyl sites for hydroxylation is 1. The summed E-state index contributed by atoms with van der Waals surface area (Å²) in [7, 11) is 0. The second-order valence-corrected chi connectivity index (χ2v) is 8.15. The Morgan fingerprint density at radius 1 is 1.16 bits per heavy atom. The second kappa shape index (κ2) is 8.11. The standard InChI is InChI=1S/C24H25N5O3/c1-15-25-20-14-17(9-10-21(20)28(15)12-13-32-16(2)30)24(31)29-11-5-8-22(29)23-26-18-6-3-4-7-19(18)27-23/h3-4,6-7,9-10,14,22H,5,8,11-13H2,1-2H3,(H,26,27). The Kier molecular flexibility index (Phi) is 5.13. The molecule has 0 aliphatic carbocycles. The van der Waals surface area contributed by atoms with E-state index in [0.29, 0.717) is 18.7 Å². The van der Waals surface area contributed by atoms with E-state index < -0.39 is 0 Å². The number of para-hydroxylation sites is 2. The van der Waals surface area contributed by atoms with Crippen LogP contribution in [0.1, 0.15) is 47.8 Å². The summed E-state index contributed by atoms with van der Waals surface area (Å²) in [5, 5.41) is 0. The molecule has 0 saturated carbocycles. The zero-order valence-electron chi connectivity index (χ0n) is 18.2. The van der Waals surface area contributed by atoms with Gasteiger partial charge in [0, 0.05) is 19.0 Å². The number of imidazole rings is 2. The van der Waals surface area contributed by atoms with Crippen LogP contribution in [0.4, 0.5) is 0 Å². The van der Waals surface area contributed by atoms with Gasteiger partial charge < -0.3 is 19.2 Å². The molecule has 32 heavy (non-hydrogen) atoms. The van der Waals surface area contributed by atoms with Gasteiger partial charge in [-0.3, -0.25) is 9.59 Å². The summed E-state index contributed by atoms with van der Waals surface area (Å²) in [5.41, 5.74) is 4.19. The molecule has 0 bridgehead atoms. The molecule has 1 atom stereocenters. The van der Waals surface area contributed by atoms with E-state index in [1.807, 2.05) is 58.9 Å². The van der Waals surface area contributed by atoms with Crippen molar-refractivity contribution in [2.24, 2.45) is 0 Å². The first-order chi connectivity index (χ1) is 15.5. The fraction of sp³-hybridized carbons (Fsp3) is 0.333. The number of amides is 1. The number of carbonyl (C=O) groups is 2. The molecule has 1 N–H and O–H groups in total. The third-order valence-electron chi connectivity index (χ3n) is 6.04. The summed E-state index contributed by atoms with van der Waals surface area (Å²) in [4.78, 5) is 39.1. The maximum Gasteiger partial charge on any atom is 0.302 e. The van der Waals surface area contributed by atoms with Gasteiger partial charge in [0.15, 0.2) is 0 Å². The number of aromatic amines is 1. The first-order valence-corrected chi connectivity index (χ1v) is 10.9.